The SMILES string of the molecule is COC(=O)/C=C/CCCCCOc1ccccc1C=O. The smallest absolute Gasteiger partial charge is 0.330 e. The molecule has 108 valence electrons. The summed E-state index contributed by atoms with van der Waals surface area (Å²) in [5.74, 6) is 0.312. The van der Waals surface area contributed by atoms with Gasteiger partial charge in [0.05, 0.1) is 19.3 Å². The predicted octanol–water partition coefficient (Wildman–Crippen LogP) is 3.17. The molecule has 0 N–H and O–H groups in total. The molecule has 1 aromatic carbocycles. The van der Waals surface area contributed by atoms with Gasteiger partial charge in [0.1, 0.15) is 5.75 Å². The topological polar surface area (TPSA) is 52.6 Å². The summed E-state index contributed by atoms with van der Waals surface area (Å²) in [6.07, 6.45) is 7.82. The van der Waals surface area contributed by atoms with E-state index in [9.17, 15) is 9.59 Å². The number of carbonyl (C=O) groups excluding carboxylic acids is 2. The number of para-hydroxylation sites is 1. The summed E-state index contributed by atoms with van der Waals surface area (Å²) in [5, 5.41) is 0. The van der Waals surface area contributed by atoms with Gasteiger partial charge in [-0.15, -0.1) is 0 Å². The minimum Gasteiger partial charge on any atom is -0.493 e. The normalized spacial score (nSPS) is 10.4. The highest BCUT2D eigenvalue weighted by Crippen LogP contribution is 2.16. The Kier molecular flexibility index (Phi) is 7.80. The van der Waals surface area contributed by atoms with Crippen LogP contribution in [0.2, 0.25) is 0 Å². The molecule has 0 aliphatic rings. The van der Waals surface area contributed by atoms with Gasteiger partial charge in [0, 0.05) is 6.08 Å². The van der Waals surface area contributed by atoms with Gasteiger partial charge in [0.2, 0.25) is 0 Å². The first-order valence-corrected chi connectivity index (χ1v) is 6.69. The van der Waals surface area contributed by atoms with Crippen molar-refractivity contribution in [3.63, 3.8) is 0 Å². The summed E-state index contributed by atoms with van der Waals surface area (Å²) >= 11 is 0. The molecule has 4 heteroatoms. The van der Waals surface area contributed by atoms with Gasteiger partial charge in [0.15, 0.2) is 6.29 Å². The lowest BCUT2D eigenvalue weighted by molar-refractivity contribution is -0.134. The molecule has 0 aliphatic carbocycles. The molecule has 0 aliphatic heterocycles. The van der Waals surface area contributed by atoms with Gasteiger partial charge in [-0.25, -0.2) is 4.79 Å². The van der Waals surface area contributed by atoms with E-state index in [0.717, 1.165) is 32.0 Å². The number of ether oxygens (including phenoxy) is 2. The Labute approximate surface area is 119 Å². The Morgan fingerprint density at radius 1 is 1.20 bits per heavy atom. The minimum atomic E-state index is -0.321. The molecule has 0 fully saturated rings. The third kappa shape index (κ3) is 6.18. The van der Waals surface area contributed by atoms with Crippen LogP contribution in [0.4, 0.5) is 0 Å². The fraction of sp³-hybridized carbons (Fsp3) is 0.375. The quantitative estimate of drug-likeness (QED) is 0.301. The molecule has 0 atom stereocenters. The molecular formula is C16H20O4. The lowest BCUT2D eigenvalue weighted by atomic mass is 10.2. The summed E-state index contributed by atoms with van der Waals surface area (Å²) in [6, 6.07) is 7.19. The Balaban J connectivity index is 2.12. The van der Waals surface area contributed by atoms with E-state index in [1.54, 1.807) is 12.1 Å². The Morgan fingerprint density at radius 2 is 2.00 bits per heavy atom. The molecule has 0 heterocycles. The summed E-state index contributed by atoms with van der Waals surface area (Å²) in [4.78, 5) is 21.6. The van der Waals surface area contributed by atoms with Crippen LogP contribution >= 0.6 is 0 Å². The van der Waals surface area contributed by atoms with E-state index in [-0.39, 0.29) is 5.97 Å². The molecule has 0 saturated carbocycles. The third-order valence-electron chi connectivity index (χ3n) is 2.77. The first-order valence-electron chi connectivity index (χ1n) is 6.69. The van der Waals surface area contributed by atoms with Crippen molar-refractivity contribution in [3.8, 4) is 5.75 Å². The van der Waals surface area contributed by atoms with Crippen LogP contribution in [-0.2, 0) is 9.53 Å². The molecule has 20 heavy (non-hydrogen) atoms. The van der Waals surface area contributed by atoms with Crippen molar-refractivity contribution in [1.29, 1.82) is 0 Å². The first kappa shape index (κ1) is 16.0. The molecule has 1 aromatic rings. The lowest BCUT2D eigenvalue weighted by Crippen LogP contribution is -1.99. The van der Waals surface area contributed by atoms with Crippen molar-refractivity contribution in [3.05, 3.63) is 42.0 Å². The molecule has 0 bridgehead atoms. The van der Waals surface area contributed by atoms with E-state index >= 15 is 0 Å². The maximum absolute atomic E-state index is 10.8. The van der Waals surface area contributed by atoms with Crippen LogP contribution in [0, 0.1) is 0 Å². The fourth-order valence-corrected chi connectivity index (χ4v) is 1.68. The van der Waals surface area contributed by atoms with Crippen LogP contribution in [0.25, 0.3) is 0 Å². The molecule has 0 aromatic heterocycles. The molecule has 0 spiro atoms. The molecule has 0 amide bonds. The van der Waals surface area contributed by atoms with Gasteiger partial charge in [-0.2, -0.15) is 0 Å². The summed E-state index contributed by atoms with van der Waals surface area (Å²) in [6.45, 7) is 0.589. The van der Waals surface area contributed by atoms with Crippen LogP contribution in [0.5, 0.6) is 5.75 Å². The Morgan fingerprint density at radius 3 is 2.75 bits per heavy atom. The van der Waals surface area contributed by atoms with Crippen molar-refractivity contribution in [2.75, 3.05) is 13.7 Å². The van der Waals surface area contributed by atoms with Gasteiger partial charge >= 0.3 is 5.97 Å². The van der Waals surface area contributed by atoms with Crippen LogP contribution in [0.15, 0.2) is 36.4 Å². The molecule has 0 unspecified atom stereocenters. The lowest BCUT2D eigenvalue weighted by Gasteiger charge is -2.07. The predicted molar refractivity (Wildman–Crippen MR) is 76.9 cm³/mol. The van der Waals surface area contributed by atoms with Crippen molar-refractivity contribution >= 4 is 12.3 Å². The Hall–Kier alpha value is -2.10. The number of rotatable bonds is 9. The third-order valence-corrected chi connectivity index (χ3v) is 2.77. The number of methoxy groups -OCH3 is 1. The van der Waals surface area contributed by atoms with Gasteiger partial charge in [-0.05, 0) is 37.8 Å². The highest BCUT2D eigenvalue weighted by Gasteiger charge is 2.00. The van der Waals surface area contributed by atoms with Crippen molar-refractivity contribution in [2.45, 2.75) is 25.7 Å². The number of unbranched alkanes of at least 4 members (excludes halogenated alkanes) is 3. The zero-order valence-electron chi connectivity index (χ0n) is 11.7. The van der Waals surface area contributed by atoms with Crippen LogP contribution in [-0.4, -0.2) is 26.0 Å². The first-order chi connectivity index (χ1) is 9.77. The Bertz CT molecular complexity index is 452. The summed E-state index contributed by atoms with van der Waals surface area (Å²) < 4.78 is 10.1. The average molecular weight is 276 g/mol. The van der Waals surface area contributed by atoms with E-state index in [4.69, 9.17) is 4.74 Å². The second-order valence-electron chi connectivity index (χ2n) is 4.28. The zero-order valence-corrected chi connectivity index (χ0v) is 11.7. The average Bonchev–Trinajstić information content (AvgIpc) is 2.49. The van der Waals surface area contributed by atoms with Gasteiger partial charge in [-0.1, -0.05) is 18.2 Å². The second-order valence-corrected chi connectivity index (χ2v) is 4.28. The highest BCUT2D eigenvalue weighted by molar-refractivity contribution is 5.81. The number of aldehydes is 1. The molecule has 0 radical (unpaired) electrons. The maximum Gasteiger partial charge on any atom is 0.330 e. The molecule has 1 rings (SSSR count). The number of benzene rings is 1. The maximum atomic E-state index is 10.8. The van der Waals surface area contributed by atoms with Gasteiger partial charge < -0.3 is 9.47 Å². The standard InChI is InChI=1S/C16H20O4/c1-19-16(18)11-5-3-2-4-8-12-20-15-10-7-6-9-14(15)13-17/h5-7,9-11,13H,2-4,8,12H2,1H3/b11-5+. The highest BCUT2D eigenvalue weighted by atomic mass is 16.5. The number of carbonyl (C=O) groups is 2. The van der Waals surface area contributed by atoms with Crippen molar-refractivity contribution in [1.82, 2.24) is 0 Å². The van der Waals surface area contributed by atoms with Gasteiger partial charge in [-0.3, -0.25) is 4.79 Å². The van der Waals surface area contributed by atoms with E-state index < -0.39 is 0 Å². The van der Waals surface area contributed by atoms with Crippen LogP contribution in [0.3, 0.4) is 0 Å². The summed E-state index contributed by atoms with van der Waals surface area (Å²) in [5.41, 5.74) is 0.577. The minimum absolute atomic E-state index is 0.321. The van der Waals surface area contributed by atoms with Crippen LogP contribution in [0.1, 0.15) is 36.0 Å². The van der Waals surface area contributed by atoms with Crippen LogP contribution < -0.4 is 4.74 Å². The number of hydrogen-bond acceptors (Lipinski definition) is 4. The fourth-order valence-electron chi connectivity index (χ4n) is 1.68. The monoisotopic (exact) mass is 276 g/mol. The van der Waals surface area contributed by atoms with Crippen molar-refractivity contribution < 1.29 is 19.1 Å². The zero-order chi connectivity index (χ0) is 14.6. The number of hydrogen-bond donors (Lipinski definition) is 0. The van der Waals surface area contributed by atoms with E-state index in [0.29, 0.717) is 17.9 Å². The summed E-state index contributed by atoms with van der Waals surface area (Å²) in [7, 11) is 1.36. The number of allylic oxidation sites excluding steroid dienone is 1. The van der Waals surface area contributed by atoms with E-state index in [1.807, 2.05) is 18.2 Å². The van der Waals surface area contributed by atoms with Crippen molar-refractivity contribution in [2.24, 2.45) is 0 Å². The van der Waals surface area contributed by atoms with E-state index in [1.165, 1.54) is 13.2 Å². The molecular weight excluding hydrogens is 256 g/mol. The number of esters is 1. The van der Waals surface area contributed by atoms with Gasteiger partial charge in [0.25, 0.3) is 0 Å². The second kappa shape index (κ2) is 9.78. The largest absolute Gasteiger partial charge is 0.493 e. The molecule has 4 nitrogen and oxygen atoms in total. The molecule has 0 saturated heterocycles. The van der Waals surface area contributed by atoms with E-state index in [2.05, 4.69) is 4.74 Å².